The number of hydrogen-bond acceptors (Lipinski definition) is 1. The number of rotatable bonds is 5. The SMILES string of the molecule is Cc1ccc(CCNC(=O)NC(C)c2ccccc2)c(C)c1. The van der Waals surface area contributed by atoms with Gasteiger partial charge in [0.2, 0.25) is 0 Å². The van der Waals surface area contributed by atoms with Crippen molar-refractivity contribution >= 4 is 6.03 Å². The first-order valence-electron chi connectivity index (χ1n) is 7.71. The van der Waals surface area contributed by atoms with Crippen LogP contribution in [0.1, 0.15) is 35.2 Å². The van der Waals surface area contributed by atoms with Crippen molar-refractivity contribution in [2.45, 2.75) is 33.2 Å². The molecule has 0 heterocycles. The minimum absolute atomic E-state index is 0.00214. The lowest BCUT2D eigenvalue weighted by atomic mass is 10.0. The van der Waals surface area contributed by atoms with Gasteiger partial charge < -0.3 is 10.6 Å². The topological polar surface area (TPSA) is 41.1 Å². The highest BCUT2D eigenvalue weighted by molar-refractivity contribution is 5.74. The number of aryl methyl sites for hydroxylation is 2. The fourth-order valence-electron chi connectivity index (χ4n) is 2.51. The minimum atomic E-state index is -0.124. The predicted octanol–water partition coefficient (Wildman–Crippen LogP) is 3.91. The van der Waals surface area contributed by atoms with Gasteiger partial charge in [0.05, 0.1) is 6.04 Å². The van der Waals surface area contributed by atoms with Crippen LogP contribution in [0.25, 0.3) is 0 Å². The maximum atomic E-state index is 11.9. The molecule has 0 fully saturated rings. The predicted molar refractivity (Wildman–Crippen MR) is 91.0 cm³/mol. The molecule has 0 saturated heterocycles. The van der Waals surface area contributed by atoms with E-state index in [9.17, 15) is 4.79 Å². The van der Waals surface area contributed by atoms with Gasteiger partial charge in [-0.15, -0.1) is 0 Å². The molecule has 1 unspecified atom stereocenters. The summed E-state index contributed by atoms with van der Waals surface area (Å²) in [6.45, 7) is 6.82. The molecule has 2 amide bonds. The van der Waals surface area contributed by atoms with Gasteiger partial charge in [-0.3, -0.25) is 0 Å². The highest BCUT2D eigenvalue weighted by atomic mass is 16.2. The minimum Gasteiger partial charge on any atom is -0.338 e. The van der Waals surface area contributed by atoms with Crippen molar-refractivity contribution in [3.63, 3.8) is 0 Å². The molecule has 2 N–H and O–H groups in total. The Morgan fingerprint density at radius 3 is 2.50 bits per heavy atom. The average Bonchev–Trinajstić information content (AvgIpc) is 2.50. The Morgan fingerprint density at radius 1 is 1.09 bits per heavy atom. The van der Waals surface area contributed by atoms with Crippen molar-refractivity contribution in [1.82, 2.24) is 10.6 Å². The van der Waals surface area contributed by atoms with Crippen molar-refractivity contribution in [2.75, 3.05) is 6.54 Å². The summed E-state index contributed by atoms with van der Waals surface area (Å²) in [5, 5.41) is 5.88. The van der Waals surface area contributed by atoms with E-state index in [0.717, 1.165) is 12.0 Å². The Bertz CT molecular complexity index is 623. The second-order valence-corrected chi connectivity index (χ2v) is 5.71. The summed E-state index contributed by atoms with van der Waals surface area (Å²) in [5.41, 5.74) is 4.93. The number of nitrogens with one attached hydrogen (secondary N) is 2. The van der Waals surface area contributed by atoms with Crippen LogP contribution in [0.5, 0.6) is 0 Å². The van der Waals surface area contributed by atoms with Crippen LogP contribution in [0.15, 0.2) is 48.5 Å². The van der Waals surface area contributed by atoms with Crippen LogP contribution in [0, 0.1) is 13.8 Å². The Labute approximate surface area is 132 Å². The largest absolute Gasteiger partial charge is 0.338 e. The summed E-state index contributed by atoms with van der Waals surface area (Å²) < 4.78 is 0. The molecule has 0 aromatic heterocycles. The van der Waals surface area contributed by atoms with E-state index < -0.39 is 0 Å². The van der Waals surface area contributed by atoms with Gasteiger partial charge in [-0.1, -0.05) is 54.1 Å². The zero-order valence-electron chi connectivity index (χ0n) is 13.5. The zero-order chi connectivity index (χ0) is 15.9. The molecule has 2 aromatic carbocycles. The lowest BCUT2D eigenvalue weighted by Crippen LogP contribution is -2.38. The van der Waals surface area contributed by atoms with E-state index in [1.54, 1.807) is 0 Å². The van der Waals surface area contributed by atoms with E-state index in [4.69, 9.17) is 0 Å². The molecular weight excluding hydrogens is 272 g/mol. The molecule has 0 spiro atoms. The second-order valence-electron chi connectivity index (χ2n) is 5.71. The monoisotopic (exact) mass is 296 g/mol. The van der Waals surface area contributed by atoms with Crippen LogP contribution in [0.3, 0.4) is 0 Å². The third kappa shape index (κ3) is 4.62. The summed E-state index contributed by atoms with van der Waals surface area (Å²) in [7, 11) is 0. The number of urea groups is 1. The zero-order valence-corrected chi connectivity index (χ0v) is 13.5. The molecule has 0 bridgehead atoms. The molecule has 116 valence electrons. The van der Waals surface area contributed by atoms with Gasteiger partial charge in [-0.05, 0) is 43.9 Å². The molecule has 0 aliphatic heterocycles. The van der Waals surface area contributed by atoms with E-state index in [-0.39, 0.29) is 12.1 Å². The maximum absolute atomic E-state index is 11.9. The molecule has 22 heavy (non-hydrogen) atoms. The molecule has 3 heteroatoms. The van der Waals surface area contributed by atoms with Gasteiger partial charge in [-0.2, -0.15) is 0 Å². The molecular formula is C19H24N2O. The second kappa shape index (κ2) is 7.64. The molecule has 1 atom stereocenters. The number of carbonyl (C=O) groups excluding carboxylic acids is 1. The van der Waals surface area contributed by atoms with Crippen LogP contribution in [-0.4, -0.2) is 12.6 Å². The van der Waals surface area contributed by atoms with Gasteiger partial charge in [0.25, 0.3) is 0 Å². The normalized spacial score (nSPS) is 11.8. The quantitative estimate of drug-likeness (QED) is 0.863. The smallest absolute Gasteiger partial charge is 0.315 e. The Balaban J connectivity index is 1.78. The Hall–Kier alpha value is -2.29. The lowest BCUT2D eigenvalue weighted by Gasteiger charge is -2.15. The van der Waals surface area contributed by atoms with Crippen molar-refractivity contribution in [3.8, 4) is 0 Å². The summed E-state index contributed by atoms with van der Waals surface area (Å²) in [6.07, 6.45) is 0.846. The van der Waals surface area contributed by atoms with E-state index in [1.807, 2.05) is 37.3 Å². The summed E-state index contributed by atoms with van der Waals surface area (Å²) in [6, 6.07) is 16.3. The number of carbonyl (C=O) groups is 1. The van der Waals surface area contributed by atoms with E-state index in [0.29, 0.717) is 6.54 Å². The van der Waals surface area contributed by atoms with Crippen LogP contribution < -0.4 is 10.6 Å². The van der Waals surface area contributed by atoms with E-state index >= 15 is 0 Å². The van der Waals surface area contributed by atoms with Crippen LogP contribution in [0.4, 0.5) is 4.79 Å². The number of amides is 2. The van der Waals surface area contributed by atoms with Gasteiger partial charge in [0.15, 0.2) is 0 Å². The number of hydrogen-bond donors (Lipinski definition) is 2. The standard InChI is InChI=1S/C19H24N2O/c1-14-9-10-17(15(2)13-14)11-12-20-19(22)21-16(3)18-7-5-4-6-8-18/h4-10,13,16H,11-12H2,1-3H3,(H2,20,21,22). The summed E-state index contributed by atoms with van der Waals surface area (Å²) in [5.74, 6) is 0. The third-order valence-corrected chi connectivity index (χ3v) is 3.83. The molecule has 2 aromatic rings. The Morgan fingerprint density at radius 2 is 1.82 bits per heavy atom. The summed E-state index contributed by atoms with van der Waals surface area (Å²) >= 11 is 0. The molecule has 0 radical (unpaired) electrons. The maximum Gasteiger partial charge on any atom is 0.315 e. The van der Waals surface area contributed by atoms with Gasteiger partial charge in [-0.25, -0.2) is 4.79 Å². The molecule has 0 aliphatic carbocycles. The lowest BCUT2D eigenvalue weighted by molar-refractivity contribution is 0.238. The van der Waals surface area contributed by atoms with Crippen LogP contribution in [0.2, 0.25) is 0 Å². The molecule has 2 rings (SSSR count). The van der Waals surface area contributed by atoms with E-state index in [1.165, 1.54) is 16.7 Å². The first-order valence-corrected chi connectivity index (χ1v) is 7.71. The van der Waals surface area contributed by atoms with Crippen LogP contribution in [-0.2, 0) is 6.42 Å². The average molecular weight is 296 g/mol. The number of benzene rings is 2. The molecule has 0 aliphatic rings. The third-order valence-electron chi connectivity index (χ3n) is 3.83. The highest BCUT2D eigenvalue weighted by Gasteiger charge is 2.08. The molecule has 3 nitrogen and oxygen atoms in total. The van der Waals surface area contributed by atoms with Crippen LogP contribution >= 0.6 is 0 Å². The fourth-order valence-corrected chi connectivity index (χ4v) is 2.51. The van der Waals surface area contributed by atoms with Gasteiger partial charge >= 0.3 is 6.03 Å². The van der Waals surface area contributed by atoms with E-state index in [2.05, 4.69) is 42.7 Å². The van der Waals surface area contributed by atoms with Gasteiger partial charge in [0, 0.05) is 6.54 Å². The van der Waals surface area contributed by atoms with Crippen molar-refractivity contribution in [3.05, 3.63) is 70.8 Å². The molecule has 0 saturated carbocycles. The summed E-state index contributed by atoms with van der Waals surface area (Å²) in [4.78, 5) is 11.9. The first-order chi connectivity index (χ1) is 10.6. The van der Waals surface area contributed by atoms with Crippen molar-refractivity contribution in [2.24, 2.45) is 0 Å². The van der Waals surface area contributed by atoms with Crippen molar-refractivity contribution in [1.29, 1.82) is 0 Å². The fraction of sp³-hybridized carbons (Fsp3) is 0.316. The highest BCUT2D eigenvalue weighted by Crippen LogP contribution is 2.11. The first kappa shape index (κ1) is 16.1. The Kier molecular flexibility index (Phi) is 5.59. The van der Waals surface area contributed by atoms with Gasteiger partial charge in [0.1, 0.15) is 0 Å². The van der Waals surface area contributed by atoms with Crippen molar-refractivity contribution < 1.29 is 4.79 Å².